The van der Waals surface area contributed by atoms with Gasteiger partial charge in [-0.25, -0.2) is 8.42 Å². The molecule has 0 radical (unpaired) electrons. The van der Waals surface area contributed by atoms with Gasteiger partial charge in [-0.05, 0) is 50.5 Å². The van der Waals surface area contributed by atoms with E-state index in [1.54, 1.807) is 26.2 Å². The van der Waals surface area contributed by atoms with Crippen LogP contribution in [0, 0.1) is 6.92 Å². The summed E-state index contributed by atoms with van der Waals surface area (Å²) in [7, 11) is -1.98. The molecular formula is C21H26N2O4S. The van der Waals surface area contributed by atoms with E-state index in [2.05, 4.69) is 5.32 Å². The summed E-state index contributed by atoms with van der Waals surface area (Å²) in [5.74, 6) is 0.381. The van der Waals surface area contributed by atoms with Crippen LogP contribution in [-0.2, 0) is 10.0 Å². The summed E-state index contributed by atoms with van der Waals surface area (Å²) in [5.41, 5.74) is 1.95. The number of benzene rings is 2. The van der Waals surface area contributed by atoms with Crippen LogP contribution in [0.3, 0.4) is 0 Å². The lowest BCUT2D eigenvalue weighted by atomic mass is 10.0. The number of rotatable bonds is 6. The van der Waals surface area contributed by atoms with Crippen molar-refractivity contribution in [2.75, 3.05) is 20.2 Å². The van der Waals surface area contributed by atoms with Crippen LogP contribution < -0.4 is 10.1 Å². The van der Waals surface area contributed by atoms with Gasteiger partial charge in [0.1, 0.15) is 5.75 Å². The molecule has 2 aromatic carbocycles. The van der Waals surface area contributed by atoms with E-state index >= 15 is 0 Å². The summed E-state index contributed by atoms with van der Waals surface area (Å²) >= 11 is 0. The molecule has 0 bridgehead atoms. The monoisotopic (exact) mass is 402 g/mol. The highest BCUT2D eigenvalue weighted by Crippen LogP contribution is 2.26. The van der Waals surface area contributed by atoms with E-state index < -0.39 is 10.0 Å². The van der Waals surface area contributed by atoms with Crippen LogP contribution in [-0.4, -0.2) is 38.8 Å². The third-order valence-electron chi connectivity index (χ3n) is 5.11. The summed E-state index contributed by atoms with van der Waals surface area (Å²) in [4.78, 5) is 13.1. The quantitative estimate of drug-likeness (QED) is 0.805. The SMILES string of the molecule is COc1ccccc1C(C)NC(=O)c1cc(S(=O)(=O)N2CCCC2)ccc1C. The maximum atomic E-state index is 12.9. The number of ether oxygens (including phenoxy) is 1. The Morgan fingerprint density at radius 2 is 1.82 bits per heavy atom. The molecule has 3 rings (SSSR count). The van der Waals surface area contributed by atoms with Crippen molar-refractivity contribution in [3.05, 3.63) is 59.2 Å². The Kier molecular flexibility index (Phi) is 6.05. The number of amides is 1. The molecule has 0 aliphatic carbocycles. The van der Waals surface area contributed by atoms with E-state index in [-0.39, 0.29) is 16.8 Å². The van der Waals surface area contributed by atoms with Crippen LogP contribution in [0.2, 0.25) is 0 Å². The molecule has 150 valence electrons. The van der Waals surface area contributed by atoms with Gasteiger partial charge in [-0.3, -0.25) is 4.79 Å². The minimum absolute atomic E-state index is 0.162. The molecular weight excluding hydrogens is 376 g/mol. The van der Waals surface area contributed by atoms with E-state index in [4.69, 9.17) is 4.74 Å². The summed E-state index contributed by atoms with van der Waals surface area (Å²) in [6, 6.07) is 11.9. The lowest BCUT2D eigenvalue weighted by Crippen LogP contribution is -2.30. The molecule has 0 spiro atoms. The van der Waals surface area contributed by atoms with E-state index in [0.717, 1.165) is 24.0 Å². The molecule has 28 heavy (non-hydrogen) atoms. The van der Waals surface area contributed by atoms with Crippen molar-refractivity contribution in [2.24, 2.45) is 0 Å². The van der Waals surface area contributed by atoms with Crippen molar-refractivity contribution in [3.8, 4) is 5.75 Å². The fourth-order valence-electron chi connectivity index (χ4n) is 3.46. The third kappa shape index (κ3) is 4.05. The van der Waals surface area contributed by atoms with E-state index in [0.29, 0.717) is 24.4 Å². The zero-order valence-electron chi connectivity index (χ0n) is 16.4. The van der Waals surface area contributed by atoms with Crippen LogP contribution in [0.5, 0.6) is 5.75 Å². The predicted molar refractivity (Wildman–Crippen MR) is 108 cm³/mol. The molecule has 6 nitrogen and oxygen atoms in total. The number of carbonyl (C=O) groups excluding carboxylic acids is 1. The standard InChI is InChI=1S/C21H26N2O4S/c1-15-10-11-17(28(25,26)23-12-6-7-13-23)14-19(15)21(24)22-16(2)18-8-4-5-9-20(18)27-3/h4-5,8-11,14,16H,6-7,12-13H2,1-3H3,(H,22,24). The van der Waals surface area contributed by atoms with Crippen molar-refractivity contribution < 1.29 is 17.9 Å². The van der Waals surface area contributed by atoms with Gasteiger partial charge in [0.05, 0.1) is 18.0 Å². The fourth-order valence-corrected chi connectivity index (χ4v) is 5.00. The van der Waals surface area contributed by atoms with Gasteiger partial charge in [-0.2, -0.15) is 4.31 Å². The predicted octanol–water partition coefficient (Wildman–Crippen LogP) is 3.28. The molecule has 0 saturated carbocycles. The highest BCUT2D eigenvalue weighted by atomic mass is 32.2. The van der Waals surface area contributed by atoms with Crippen LogP contribution in [0.1, 0.15) is 47.3 Å². The first kappa shape index (κ1) is 20.4. The van der Waals surface area contributed by atoms with Crippen LogP contribution in [0.25, 0.3) is 0 Å². The molecule has 1 fully saturated rings. The first-order valence-corrected chi connectivity index (χ1v) is 10.8. The topological polar surface area (TPSA) is 75.7 Å². The average Bonchev–Trinajstić information content (AvgIpc) is 3.23. The minimum atomic E-state index is -3.57. The Hall–Kier alpha value is -2.38. The number of methoxy groups -OCH3 is 1. The summed E-state index contributed by atoms with van der Waals surface area (Å²) < 4.78 is 32.5. The maximum absolute atomic E-state index is 12.9. The van der Waals surface area contributed by atoms with Crippen molar-refractivity contribution in [1.29, 1.82) is 0 Å². The molecule has 1 unspecified atom stereocenters. The number of hydrogen-bond acceptors (Lipinski definition) is 4. The van der Waals surface area contributed by atoms with Gasteiger partial charge in [0, 0.05) is 24.2 Å². The first-order valence-electron chi connectivity index (χ1n) is 9.39. The number of aryl methyl sites for hydroxylation is 1. The normalized spacial score (nSPS) is 16.0. The number of nitrogens with zero attached hydrogens (tertiary/aromatic N) is 1. The number of sulfonamides is 1. The number of nitrogens with one attached hydrogen (secondary N) is 1. The van der Waals surface area contributed by atoms with Gasteiger partial charge >= 0.3 is 0 Å². The van der Waals surface area contributed by atoms with Gasteiger partial charge in [0.15, 0.2) is 0 Å². The molecule has 1 saturated heterocycles. The Labute approximate surface area is 166 Å². The largest absolute Gasteiger partial charge is 0.496 e. The third-order valence-corrected chi connectivity index (χ3v) is 7.00. The Morgan fingerprint density at radius 3 is 2.50 bits per heavy atom. The minimum Gasteiger partial charge on any atom is -0.496 e. The Bertz CT molecular complexity index is 966. The summed E-state index contributed by atoms with van der Waals surface area (Å²) in [6.07, 6.45) is 1.74. The molecule has 7 heteroatoms. The van der Waals surface area contributed by atoms with E-state index in [1.165, 1.54) is 10.4 Å². The summed E-state index contributed by atoms with van der Waals surface area (Å²) in [5, 5.41) is 2.95. The van der Waals surface area contributed by atoms with Gasteiger partial charge in [0.25, 0.3) is 5.91 Å². The molecule has 1 aliphatic heterocycles. The van der Waals surface area contributed by atoms with Crippen molar-refractivity contribution >= 4 is 15.9 Å². The van der Waals surface area contributed by atoms with Crippen LogP contribution in [0.15, 0.2) is 47.4 Å². The van der Waals surface area contributed by atoms with Gasteiger partial charge < -0.3 is 10.1 Å². The smallest absolute Gasteiger partial charge is 0.252 e. The average molecular weight is 403 g/mol. The van der Waals surface area contributed by atoms with Crippen LogP contribution in [0.4, 0.5) is 0 Å². The number of carbonyl (C=O) groups is 1. The molecule has 1 amide bonds. The van der Waals surface area contributed by atoms with Crippen molar-refractivity contribution in [3.63, 3.8) is 0 Å². The van der Waals surface area contributed by atoms with Crippen LogP contribution >= 0.6 is 0 Å². The van der Waals surface area contributed by atoms with Gasteiger partial charge in [-0.15, -0.1) is 0 Å². The maximum Gasteiger partial charge on any atom is 0.252 e. The highest BCUT2D eigenvalue weighted by molar-refractivity contribution is 7.89. The first-order chi connectivity index (χ1) is 13.3. The van der Waals surface area contributed by atoms with Crippen molar-refractivity contribution in [2.45, 2.75) is 37.6 Å². The van der Waals surface area contributed by atoms with Crippen molar-refractivity contribution in [1.82, 2.24) is 9.62 Å². The van der Waals surface area contributed by atoms with E-state index in [1.807, 2.05) is 31.2 Å². The Balaban J connectivity index is 1.85. The van der Waals surface area contributed by atoms with Gasteiger partial charge in [-0.1, -0.05) is 24.3 Å². The molecule has 0 aromatic heterocycles. The van der Waals surface area contributed by atoms with E-state index in [9.17, 15) is 13.2 Å². The second kappa shape index (κ2) is 8.32. The molecule has 1 aliphatic rings. The lowest BCUT2D eigenvalue weighted by molar-refractivity contribution is 0.0938. The highest BCUT2D eigenvalue weighted by Gasteiger charge is 2.28. The molecule has 1 N–H and O–H groups in total. The Morgan fingerprint density at radius 1 is 1.14 bits per heavy atom. The number of para-hydroxylation sites is 1. The zero-order chi connectivity index (χ0) is 20.3. The van der Waals surface area contributed by atoms with Gasteiger partial charge in [0.2, 0.25) is 10.0 Å². The lowest BCUT2D eigenvalue weighted by Gasteiger charge is -2.19. The summed E-state index contributed by atoms with van der Waals surface area (Å²) in [6.45, 7) is 4.73. The fraction of sp³-hybridized carbons (Fsp3) is 0.381. The molecule has 2 aromatic rings. The zero-order valence-corrected chi connectivity index (χ0v) is 17.3. The second-order valence-electron chi connectivity index (χ2n) is 7.03. The molecule has 1 atom stereocenters. The second-order valence-corrected chi connectivity index (χ2v) is 8.96. The number of hydrogen-bond donors (Lipinski definition) is 1. The molecule has 1 heterocycles.